The first-order valence-electron chi connectivity index (χ1n) is 6.98. The number of nitrogens with one attached hydrogen (secondary N) is 2. The molecule has 8 nitrogen and oxygen atoms in total. The molecule has 1 saturated carbocycles. The van der Waals surface area contributed by atoms with Crippen molar-refractivity contribution < 1.29 is 10.0 Å². The number of aryl methyl sites for hydroxylation is 1. The molecule has 2 unspecified atom stereocenters. The zero-order valence-corrected chi connectivity index (χ0v) is 12.7. The number of nitrogens with zero attached hydrogens (tertiary/aromatic N) is 3. The molecule has 8 heteroatoms. The van der Waals surface area contributed by atoms with Crippen LogP contribution in [0.4, 0.5) is 17.5 Å². The zero-order valence-electron chi connectivity index (χ0n) is 12.7. The average molecular weight is 295 g/mol. The lowest BCUT2D eigenvalue weighted by molar-refractivity contribution is -0.385. The van der Waals surface area contributed by atoms with Gasteiger partial charge in [0.2, 0.25) is 11.8 Å². The van der Waals surface area contributed by atoms with Crippen molar-refractivity contribution in [2.75, 3.05) is 17.2 Å². The first kappa shape index (κ1) is 15.4. The van der Waals surface area contributed by atoms with E-state index in [-0.39, 0.29) is 23.0 Å². The third-order valence-corrected chi connectivity index (χ3v) is 4.10. The van der Waals surface area contributed by atoms with Gasteiger partial charge in [-0.15, -0.1) is 0 Å². The van der Waals surface area contributed by atoms with Crippen LogP contribution >= 0.6 is 0 Å². The van der Waals surface area contributed by atoms with Crippen LogP contribution in [0.3, 0.4) is 0 Å². The first-order chi connectivity index (χ1) is 9.77. The summed E-state index contributed by atoms with van der Waals surface area (Å²) in [5, 5.41) is 27.1. The van der Waals surface area contributed by atoms with Gasteiger partial charge in [-0.1, -0.05) is 13.8 Å². The maximum absolute atomic E-state index is 11.2. The highest BCUT2D eigenvalue weighted by molar-refractivity contribution is 5.61. The molecule has 1 aromatic rings. The predicted octanol–water partition coefficient (Wildman–Crippen LogP) is 1.70. The molecule has 3 N–H and O–H groups in total. The van der Waals surface area contributed by atoms with Crippen LogP contribution in [0.15, 0.2) is 0 Å². The van der Waals surface area contributed by atoms with Crippen molar-refractivity contribution in [1.29, 1.82) is 0 Å². The first-order valence-corrected chi connectivity index (χ1v) is 6.98. The summed E-state index contributed by atoms with van der Waals surface area (Å²) in [6, 6.07) is -0.0602. The number of nitro groups is 1. The summed E-state index contributed by atoms with van der Waals surface area (Å²) in [4.78, 5) is 19.1. The third-order valence-electron chi connectivity index (χ3n) is 4.10. The van der Waals surface area contributed by atoms with Crippen LogP contribution < -0.4 is 10.6 Å². The van der Waals surface area contributed by atoms with Gasteiger partial charge in [-0.2, -0.15) is 4.98 Å². The number of hydrogen-bond acceptors (Lipinski definition) is 7. The van der Waals surface area contributed by atoms with Crippen molar-refractivity contribution >= 4 is 17.5 Å². The number of aromatic nitrogens is 2. The minimum Gasteiger partial charge on any atom is -0.392 e. The highest BCUT2D eigenvalue weighted by atomic mass is 16.6. The monoisotopic (exact) mass is 295 g/mol. The smallest absolute Gasteiger partial charge is 0.332 e. The van der Waals surface area contributed by atoms with Crippen LogP contribution in [0.25, 0.3) is 0 Å². The molecule has 116 valence electrons. The summed E-state index contributed by atoms with van der Waals surface area (Å²) in [6.07, 6.45) is 0.134. The third kappa shape index (κ3) is 2.76. The minimum absolute atomic E-state index is 0.0602. The Morgan fingerprint density at radius 2 is 2.14 bits per heavy atom. The van der Waals surface area contributed by atoms with Gasteiger partial charge in [-0.25, -0.2) is 4.98 Å². The lowest BCUT2D eigenvalue weighted by Gasteiger charge is -2.49. The summed E-state index contributed by atoms with van der Waals surface area (Å²) in [5.41, 5.74) is -0.148. The highest BCUT2D eigenvalue weighted by Gasteiger charge is 2.48. The van der Waals surface area contributed by atoms with E-state index in [1.807, 2.05) is 20.8 Å². The lowest BCUT2D eigenvalue weighted by atomic mass is 9.64. The Morgan fingerprint density at radius 1 is 1.48 bits per heavy atom. The summed E-state index contributed by atoms with van der Waals surface area (Å²) < 4.78 is 0. The summed E-state index contributed by atoms with van der Waals surface area (Å²) in [5.74, 6) is 0.564. The molecule has 0 aromatic carbocycles. The van der Waals surface area contributed by atoms with Gasteiger partial charge in [-0.3, -0.25) is 10.1 Å². The van der Waals surface area contributed by atoms with Gasteiger partial charge in [0.05, 0.1) is 11.0 Å². The Kier molecular flexibility index (Phi) is 3.99. The fourth-order valence-corrected chi connectivity index (χ4v) is 2.44. The van der Waals surface area contributed by atoms with Crippen LogP contribution in [0.5, 0.6) is 0 Å². The van der Waals surface area contributed by atoms with Gasteiger partial charge < -0.3 is 15.7 Å². The lowest BCUT2D eigenvalue weighted by Crippen LogP contribution is -2.57. The molecule has 1 heterocycles. The van der Waals surface area contributed by atoms with E-state index in [0.29, 0.717) is 24.6 Å². The molecule has 0 spiro atoms. The standard InChI is InChI=1S/C13H21N5O3/c1-5-14-12-15-7(2)10(18(20)21)11(17-12)16-8-6-9(19)13(8,3)4/h8-9,19H,5-6H2,1-4H3,(H2,14,15,16,17). The molecule has 1 fully saturated rings. The molecule has 1 aliphatic carbocycles. The molecule has 0 amide bonds. The fraction of sp³-hybridized carbons (Fsp3) is 0.692. The van der Waals surface area contributed by atoms with Crippen LogP contribution in [0.1, 0.15) is 32.9 Å². The molecular formula is C13H21N5O3. The SMILES string of the molecule is CCNc1nc(C)c([N+](=O)[O-])c(NC2CC(O)C2(C)C)n1. The molecule has 0 aliphatic heterocycles. The van der Waals surface area contributed by atoms with Gasteiger partial charge in [0.1, 0.15) is 5.69 Å². The van der Waals surface area contributed by atoms with Crippen molar-refractivity contribution in [3.05, 3.63) is 15.8 Å². The van der Waals surface area contributed by atoms with Crippen LogP contribution in [0, 0.1) is 22.5 Å². The number of rotatable bonds is 5. The molecule has 0 radical (unpaired) electrons. The molecule has 2 rings (SSSR count). The van der Waals surface area contributed by atoms with Gasteiger partial charge in [-0.05, 0) is 20.3 Å². The number of hydrogen-bond donors (Lipinski definition) is 3. The molecule has 0 bridgehead atoms. The largest absolute Gasteiger partial charge is 0.392 e. The molecule has 1 aliphatic rings. The summed E-state index contributed by atoms with van der Waals surface area (Å²) in [7, 11) is 0. The van der Waals surface area contributed by atoms with E-state index < -0.39 is 11.0 Å². The normalized spacial score (nSPS) is 23.3. The van der Waals surface area contributed by atoms with Crippen LogP contribution in [-0.2, 0) is 0 Å². The summed E-state index contributed by atoms with van der Waals surface area (Å²) in [6.45, 7) is 7.96. The van der Waals surface area contributed by atoms with Crippen molar-refractivity contribution in [2.45, 2.75) is 46.3 Å². The van der Waals surface area contributed by atoms with Gasteiger partial charge >= 0.3 is 5.69 Å². The van der Waals surface area contributed by atoms with E-state index in [0.717, 1.165) is 0 Å². The Morgan fingerprint density at radius 3 is 2.62 bits per heavy atom. The molecule has 2 atom stereocenters. The second-order valence-corrected chi connectivity index (χ2v) is 5.89. The quantitative estimate of drug-likeness (QED) is 0.559. The van der Waals surface area contributed by atoms with Gasteiger partial charge in [0.15, 0.2) is 0 Å². The molecular weight excluding hydrogens is 274 g/mol. The van der Waals surface area contributed by atoms with E-state index >= 15 is 0 Å². The van der Waals surface area contributed by atoms with E-state index in [1.54, 1.807) is 6.92 Å². The second-order valence-electron chi connectivity index (χ2n) is 5.89. The van der Waals surface area contributed by atoms with Gasteiger partial charge in [0.25, 0.3) is 0 Å². The topological polar surface area (TPSA) is 113 Å². The maximum Gasteiger partial charge on any atom is 0.332 e. The minimum atomic E-state index is -0.477. The molecule has 21 heavy (non-hydrogen) atoms. The average Bonchev–Trinajstić information content (AvgIpc) is 2.37. The predicted molar refractivity (Wildman–Crippen MR) is 79.4 cm³/mol. The Labute approximate surface area is 123 Å². The molecule has 1 aromatic heterocycles. The fourth-order valence-electron chi connectivity index (χ4n) is 2.44. The van der Waals surface area contributed by atoms with E-state index in [2.05, 4.69) is 20.6 Å². The number of anilines is 2. The number of aliphatic hydroxyl groups is 1. The van der Waals surface area contributed by atoms with Crippen molar-refractivity contribution in [2.24, 2.45) is 5.41 Å². The van der Waals surface area contributed by atoms with Crippen LogP contribution in [0.2, 0.25) is 0 Å². The summed E-state index contributed by atoms with van der Waals surface area (Å²) >= 11 is 0. The Bertz CT molecular complexity index is 561. The van der Waals surface area contributed by atoms with Crippen molar-refractivity contribution in [1.82, 2.24) is 9.97 Å². The van der Waals surface area contributed by atoms with Crippen molar-refractivity contribution in [3.63, 3.8) is 0 Å². The second kappa shape index (κ2) is 5.44. The zero-order chi connectivity index (χ0) is 15.8. The molecule has 0 saturated heterocycles. The maximum atomic E-state index is 11.2. The number of aliphatic hydroxyl groups excluding tert-OH is 1. The van der Waals surface area contributed by atoms with Crippen molar-refractivity contribution in [3.8, 4) is 0 Å². The van der Waals surface area contributed by atoms with Gasteiger partial charge in [0, 0.05) is 18.0 Å². The van der Waals surface area contributed by atoms with E-state index in [9.17, 15) is 15.2 Å². The Balaban J connectivity index is 2.34. The van der Waals surface area contributed by atoms with E-state index in [1.165, 1.54) is 0 Å². The van der Waals surface area contributed by atoms with Crippen LogP contribution in [-0.4, -0.2) is 38.7 Å². The Hall–Kier alpha value is -1.96. The highest BCUT2D eigenvalue weighted by Crippen LogP contribution is 2.43. The van der Waals surface area contributed by atoms with E-state index in [4.69, 9.17) is 0 Å².